The number of piperidine rings is 1. The molecule has 1 aliphatic rings. The number of imidazole rings is 1. The van der Waals surface area contributed by atoms with E-state index < -0.39 is 0 Å². The Labute approximate surface area is 137 Å². The van der Waals surface area contributed by atoms with Gasteiger partial charge in [-0.05, 0) is 31.9 Å². The Morgan fingerprint density at radius 1 is 0.870 bits per heavy atom. The highest BCUT2D eigenvalue weighted by atomic mass is 15.3. The summed E-state index contributed by atoms with van der Waals surface area (Å²) in [6.45, 7) is 4.68. The summed E-state index contributed by atoms with van der Waals surface area (Å²) in [5.74, 6) is 1.07. The van der Waals surface area contributed by atoms with E-state index >= 15 is 0 Å². The van der Waals surface area contributed by atoms with Crippen molar-refractivity contribution in [1.29, 1.82) is 0 Å². The summed E-state index contributed by atoms with van der Waals surface area (Å²) < 4.78 is 2.41. The molecule has 2 aromatic carbocycles. The molecule has 1 fully saturated rings. The average Bonchev–Trinajstić information content (AvgIpc) is 3.02. The fourth-order valence-electron chi connectivity index (χ4n) is 3.67. The van der Waals surface area contributed by atoms with Crippen LogP contribution >= 0.6 is 0 Å². The zero-order chi connectivity index (χ0) is 15.6. The number of nitrogens with zero attached hydrogens (tertiary/aromatic N) is 3. The normalized spacial score (nSPS) is 17.4. The summed E-state index contributed by atoms with van der Waals surface area (Å²) >= 11 is 0. The third kappa shape index (κ3) is 2.66. The van der Waals surface area contributed by atoms with Crippen LogP contribution < -0.4 is 0 Å². The van der Waals surface area contributed by atoms with E-state index in [-0.39, 0.29) is 0 Å². The van der Waals surface area contributed by atoms with Crippen molar-refractivity contribution in [3.63, 3.8) is 0 Å². The lowest BCUT2D eigenvalue weighted by Gasteiger charge is -2.34. The van der Waals surface area contributed by atoms with E-state index in [1.165, 1.54) is 43.4 Å². The van der Waals surface area contributed by atoms with E-state index in [0.29, 0.717) is 6.17 Å². The van der Waals surface area contributed by atoms with Crippen molar-refractivity contribution in [2.75, 3.05) is 13.1 Å². The Balaban J connectivity index is 1.85. The van der Waals surface area contributed by atoms with Crippen LogP contribution in [-0.4, -0.2) is 27.5 Å². The zero-order valence-corrected chi connectivity index (χ0v) is 13.7. The molecule has 1 saturated heterocycles. The molecule has 1 unspecified atom stereocenters. The molecule has 0 saturated carbocycles. The van der Waals surface area contributed by atoms with Crippen LogP contribution in [-0.2, 0) is 0 Å². The minimum absolute atomic E-state index is 0.331. The molecule has 0 spiro atoms. The second-order valence-electron chi connectivity index (χ2n) is 6.39. The monoisotopic (exact) mass is 305 g/mol. The number of rotatable bonds is 3. The third-order valence-corrected chi connectivity index (χ3v) is 4.92. The first kappa shape index (κ1) is 14.5. The standard InChI is InChI=1S/C20H23N3/c1-16(22-14-8-3-9-15-22)23-19-13-7-6-12-18(19)21-20(23)17-10-4-2-5-11-17/h2,4-7,10-13,16H,3,8-9,14-15H2,1H3. The first-order valence-corrected chi connectivity index (χ1v) is 8.61. The molecule has 23 heavy (non-hydrogen) atoms. The van der Waals surface area contributed by atoms with Crippen molar-refractivity contribution in [3.8, 4) is 11.4 Å². The predicted molar refractivity (Wildman–Crippen MR) is 95.3 cm³/mol. The SMILES string of the molecule is CC(N1CCCCC1)n1c(-c2ccccc2)nc2ccccc21. The van der Waals surface area contributed by atoms with Crippen LogP contribution in [0.1, 0.15) is 32.4 Å². The van der Waals surface area contributed by atoms with Gasteiger partial charge in [-0.25, -0.2) is 4.98 Å². The molecule has 118 valence electrons. The van der Waals surface area contributed by atoms with Gasteiger partial charge in [0.05, 0.1) is 17.2 Å². The third-order valence-electron chi connectivity index (χ3n) is 4.92. The molecule has 1 aromatic heterocycles. The Morgan fingerprint density at radius 2 is 1.57 bits per heavy atom. The van der Waals surface area contributed by atoms with Gasteiger partial charge in [0, 0.05) is 18.7 Å². The minimum Gasteiger partial charge on any atom is -0.308 e. The lowest BCUT2D eigenvalue weighted by molar-refractivity contribution is 0.131. The summed E-state index contributed by atoms with van der Waals surface area (Å²) in [7, 11) is 0. The van der Waals surface area contributed by atoms with Gasteiger partial charge in [-0.3, -0.25) is 4.90 Å². The van der Waals surface area contributed by atoms with Crippen molar-refractivity contribution in [1.82, 2.24) is 14.5 Å². The minimum atomic E-state index is 0.331. The summed E-state index contributed by atoms with van der Waals surface area (Å²) in [6.07, 6.45) is 4.30. The van der Waals surface area contributed by atoms with E-state index in [2.05, 4.69) is 71.0 Å². The highest BCUT2D eigenvalue weighted by molar-refractivity contribution is 5.80. The average molecular weight is 305 g/mol. The zero-order valence-electron chi connectivity index (χ0n) is 13.7. The summed E-state index contributed by atoms with van der Waals surface area (Å²) in [5, 5.41) is 0. The van der Waals surface area contributed by atoms with Crippen LogP contribution in [0.3, 0.4) is 0 Å². The van der Waals surface area contributed by atoms with Crippen LogP contribution in [0, 0.1) is 0 Å². The Hall–Kier alpha value is -2.13. The lowest BCUT2D eigenvalue weighted by Crippen LogP contribution is -2.35. The van der Waals surface area contributed by atoms with Gasteiger partial charge in [0.25, 0.3) is 0 Å². The molecule has 3 heteroatoms. The lowest BCUT2D eigenvalue weighted by atomic mass is 10.1. The van der Waals surface area contributed by atoms with Gasteiger partial charge >= 0.3 is 0 Å². The number of para-hydroxylation sites is 2. The Morgan fingerprint density at radius 3 is 2.35 bits per heavy atom. The molecule has 1 aliphatic heterocycles. The molecular formula is C20H23N3. The van der Waals surface area contributed by atoms with Crippen LogP contribution in [0.4, 0.5) is 0 Å². The van der Waals surface area contributed by atoms with Crippen molar-refractivity contribution in [3.05, 3.63) is 54.6 Å². The van der Waals surface area contributed by atoms with Gasteiger partial charge in [-0.1, -0.05) is 48.9 Å². The molecule has 0 amide bonds. The molecule has 0 N–H and O–H groups in total. The van der Waals surface area contributed by atoms with Crippen LogP contribution in [0.15, 0.2) is 54.6 Å². The van der Waals surface area contributed by atoms with Crippen molar-refractivity contribution in [2.45, 2.75) is 32.4 Å². The topological polar surface area (TPSA) is 21.1 Å². The Bertz CT molecular complexity index is 785. The van der Waals surface area contributed by atoms with Crippen molar-refractivity contribution in [2.24, 2.45) is 0 Å². The summed E-state index contributed by atoms with van der Waals surface area (Å²) in [6, 6.07) is 19.0. The van der Waals surface area contributed by atoms with Crippen LogP contribution in [0.5, 0.6) is 0 Å². The highest BCUT2D eigenvalue weighted by Gasteiger charge is 2.23. The highest BCUT2D eigenvalue weighted by Crippen LogP contribution is 2.30. The molecule has 4 rings (SSSR count). The molecule has 0 radical (unpaired) electrons. The predicted octanol–water partition coefficient (Wildman–Crippen LogP) is 4.71. The first-order chi connectivity index (χ1) is 11.3. The van der Waals surface area contributed by atoms with Gasteiger partial charge in [-0.2, -0.15) is 0 Å². The van der Waals surface area contributed by atoms with E-state index in [0.717, 1.165) is 11.3 Å². The van der Waals surface area contributed by atoms with Gasteiger partial charge in [-0.15, -0.1) is 0 Å². The summed E-state index contributed by atoms with van der Waals surface area (Å²) in [5.41, 5.74) is 3.49. The maximum absolute atomic E-state index is 4.94. The fraction of sp³-hybridized carbons (Fsp3) is 0.350. The number of aromatic nitrogens is 2. The Kier molecular flexibility index (Phi) is 3.88. The van der Waals surface area contributed by atoms with Crippen LogP contribution in [0.2, 0.25) is 0 Å². The maximum atomic E-state index is 4.94. The van der Waals surface area contributed by atoms with E-state index in [9.17, 15) is 0 Å². The largest absolute Gasteiger partial charge is 0.308 e. The number of hydrogen-bond acceptors (Lipinski definition) is 2. The van der Waals surface area contributed by atoms with Crippen LogP contribution in [0.25, 0.3) is 22.4 Å². The van der Waals surface area contributed by atoms with Crippen molar-refractivity contribution >= 4 is 11.0 Å². The number of fused-ring (bicyclic) bond motifs is 1. The summed E-state index contributed by atoms with van der Waals surface area (Å²) in [4.78, 5) is 7.52. The number of likely N-dealkylation sites (tertiary alicyclic amines) is 1. The molecule has 0 bridgehead atoms. The van der Waals surface area contributed by atoms with E-state index in [1.54, 1.807) is 0 Å². The molecule has 2 heterocycles. The molecular weight excluding hydrogens is 282 g/mol. The number of benzene rings is 2. The van der Waals surface area contributed by atoms with E-state index in [1.807, 2.05) is 0 Å². The molecule has 3 aromatic rings. The molecule has 3 nitrogen and oxygen atoms in total. The molecule has 0 aliphatic carbocycles. The van der Waals surface area contributed by atoms with Crippen molar-refractivity contribution < 1.29 is 0 Å². The number of hydrogen-bond donors (Lipinski definition) is 0. The second kappa shape index (κ2) is 6.17. The molecule has 1 atom stereocenters. The fourth-order valence-corrected chi connectivity index (χ4v) is 3.67. The van der Waals surface area contributed by atoms with Gasteiger partial charge in [0.15, 0.2) is 0 Å². The first-order valence-electron chi connectivity index (χ1n) is 8.61. The van der Waals surface area contributed by atoms with E-state index in [4.69, 9.17) is 4.98 Å². The van der Waals surface area contributed by atoms with Gasteiger partial charge < -0.3 is 4.57 Å². The second-order valence-corrected chi connectivity index (χ2v) is 6.39. The smallest absolute Gasteiger partial charge is 0.142 e. The van der Waals surface area contributed by atoms with Gasteiger partial charge in [0.2, 0.25) is 0 Å². The maximum Gasteiger partial charge on any atom is 0.142 e. The van der Waals surface area contributed by atoms with Gasteiger partial charge in [0.1, 0.15) is 5.82 Å². The quantitative estimate of drug-likeness (QED) is 0.699.